The van der Waals surface area contributed by atoms with E-state index < -0.39 is 0 Å². The molecule has 2 aromatic carbocycles. The summed E-state index contributed by atoms with van der Waals surface area (Å²) in [5, 5.41) is 3.48. The molecule has 0 saturated heterocycles. The molecule has 0 unspecified atom stereocenters. The summed E-state index contributed by atoms with van der Waals surface area (Å²) in [6.45, 7) is 0.744. The number of halogens is 1. The molecule has 3 nitrogen and oxygen atoms in total. The summed E-state index contributed by atoms with van der Waals surface area (Å²) in [6, 6.07) is 15.6. The van der Waals surface area contributed by atoms with Crippen LogP contribution in [-0.4, -0.2) is 17.9 Å². The first-order valence-corrected chi connectivity index (χ1v) is 7.08. The first-order chi connectivity index (χ1) is 10.1. The largest absolute Gasteiger partial charge is 0.375 e. The second-order valence-electron chi connectivity index (χ2n) is 5.09. The van der Waals surface area contributed by atoms with Crippen molar-refractivity contribution in [3.05, 3.63) is 70.9 Å². The van der Waals surface area contributed by atoms with E-state index in [0.29, 0.717) is 10.6 Å². The molecule has 1 N–H and O–H groups in total. The summed E-state index contributed by atoms with van der Waals surface area (Å²) >= 11 is 6.02. The Morgan fingerprint density at radius 1 is 1.19 bits per heavy atom. The molecule has 0 spiro atoms. The third-order valence-electron chi connectivity index (χ3n) is 3.39. The van der Waals surface area contributed by atoms with Crippen LogP contribution < -0.4 is 5.32 Å². The summed E-state index contributed by atoms with van der Waals surface area (Å²) in [4.78, 5) is 14.1. The molecule has 1 heterocycles. The van der Waals surface area contributed by atoms with Crippen molar-refractivity contribution in [3.8, 4) is 0 Å². The number of benzene rings is 2. The Balaban J connectivity index is 1.86. The fourth-order valence-electron chi connectivity index (χ4n) is 2.43. The smallest absolute Gasteiger partial charge is 0.257 e. The maximum Gasteiger partial charge on any atom is 0.257 e. The van der Waals surface area contributed by atoms with Crippen molar-refractivity contribution in [2.24, 2.45) is 0 Å². The predicted octanol–water partition coefficient (Wildman–Crippen LogP) is 3.77. The molecular formula is C17H15ClN2O. The summed E-state index contributed by atoms with van der Waals surface area (Å²) < 4.78 is 0. The number of carbonyl (C=O) groups is 1. The zero-order chi connectivity index (χ0) is 14.8. The van der Waals surface area contributed by atoms with E-state index in [0.717, 1.165) is 17.8 Å². The fourth-order valence-corrected chi connectivity index (χ4v) is 2.60. The molecular weight excluding hydrogens is 284 g/mol. The summed E-state index contributed by atoms with van der Waals surface area (Å²) in [7, 11) is 1.95. The lowest BCUT2D eigenvalue weighted by Gasteiger charge is -2.15. The van der Waals surface area contributed by atoms with Crippen molar-refractivity contribution >= 4 is 28.8 Å². The highest BCUT2D eigenvalue weighted by Gasteiger charge is 2.24. The monoisotopic (exact) mass is 298 g/mol. The zero-order valence-electron chi connectivity index (χ0n) is 11.6. The molecule has 106 valence electrons. The Kier molecular flexibility index (Phi) is 3.67. The van der Waals surface area contributed by atoms with Crippen LogP contribution >= 0.6 is 11.6 Å². The van der Waals surface area contributed by atoms with Crippen LogP contribution in [0.3, 0.4) is 0 Å². The summed E-state index contributed by atoms with van der Waals surface area (Å²) in [5.41, 5.74) is 3.50. The molecule has 1 aliphatic rings. The van der Waals surface area contributed by atoms with Gasteiger partial charge in [0.25, 0.3) is 5.91 Å². The van der Waals surface area contributed by atoms with E-state index in [1.54, 1.807) is 6.07 Å². The molecule has 0 radical (unpaired) electrons. The van der Waals surface area contributed by atoms with Gasteiger partial charge >= 0.3 is 0 Å². The molecule has 0 bridgehead atoms. The van der Waals surface area contributed by atoms with Gasteiger partial charge in [-0.15, -0.1) is 0 Å². The van der Waals surface area contributed by atoms with Crippen molar-refractivity contribution in [2.45, 2.75) is 6.54 Å². The Labute approximate surface area is 128 Å². The van der Waals surface area contributed by atoms with Crippen LogP contribution in [0.25, 0.3) is 5.57 Å². The molecule has 2 aromatic rings. The highest BCUT2D eigenvalue weighted by atomic mass is 35.5. The van der Waals surface area contributed by atoms with E-state index >= 15 is 0 Å². The minimum atomic E-state index is -0.0906. The van der Waals surface area contributed by atoms with E-state index in [1.807, 2.05) is 48.5 Å². The zero-order valence-corrected chi connectivity index (χ0v) is 12.4. The Morgan fingerprint density at radius 3 is 2.71 bits per heavy atom. The van der Waals surface area contributed by atoms with Crippen LogP contribution in [0.5, 0.6) is 0 Å². The van der Waals surface area contributed by atoms with Gasteiger partial charge in [-0.2, -0.15) is 0 Å². The number of hydrogen-bond acceptors (Lipinski definition) is 2. The Bertz CT molecular complexity index is 710. The van der Waals surface area contributed by atoms with Crippen molar-refractivity contribution in [1.82, 2.24) is 4.90 Å². The Morgan fingerprint density at radius 2 is 1.95 bits per heavy atom. The lowest BCUT2D eigenvalue weighted by atomic mass is 10.1. The summed E-state index contributed by atoms with van der Waals surface area (Å²) in [6.07, 6.45) is 1.87. The third-order valence-corrected chi connectivity index (χ3v) is 3.62. The standard InChI is InChI=1S/C17H15ClN2O/c1-20(10-12-5-3-2-4-6-12)11-15-14-9-13(18)7-8-16(14)19-17(15)21/h2-9,11H,10H2,1H3,(H,19,21)/b15-11+. The minimum Gasteiger partial charge on any atom is -0.375 e. The van der Waals surface area contributed by atoms with Crippen molar-refractivity contribution in [1.29, 1.82) is 0 Å². The number of nitrogens with one attached hydrogen (secondary N) is 1. The molecule has 0 fully saturated rings. The van der Waals surface area contributed by atoms with Gasteiger partial charge in [-0.3, -0.25) is 4.79 Å². The topological polar surface area (TPSA) is 32.3 Å². The molecule has 0 aliphatic carbocycles. The number of rotatable bonds is 3. The van der Waals surface area contributed by atoms with Gasteiger partial charge in [0.05, 0.1) is 5.57 Å². The van der Waals surface area contributed by atoms with Gasteiger partial charge in [0.15, 0.2) is 0 Å². The molecule has 0 atom stereocenters. The van der Waals surface area contributed by atoms with E-state index in [2.05, 4.69) is 17.4 Å². The molecule has 0 saturated carbocycles. The average Bonchev–Trinajstić information content (AvgIpc) is 2.76. The highest BCUT2D eigenvalue weighted by Crippen LogP contribution is 2.33. The number of fused-ring (bicyclic) bond motifs is 1. The Hall–Kier alpha value is -2.26. The van der Waals surface area contributed by atoms with Gasteiger partial charge in [-0.05, 0) is 23.8 Å². The maximum atomic E-state index is 12.1. The van der Waals surface area contributed by atoms with Crippen LogP contribution in [0.2, 0.25) is 5.02 Å². The van der Waals surface area contributed by atoms with Gasteiger partial charge in [0.1, 0.15) is 0 Å². The minimum absolute atomic E-state index is 0.0906. The fraction of sp³-hybridized carbons (Fsp3) is 0.118. The SMILES string of the molecule is CN(/C=C1/C(=O)Nc2ccc(Cl)cc21)Cc1ccccc1. The first kappa shape index (κ1) is 13.7. The van der Waals surface area contributed by atoms with Crippen LogP contribution in [-0.2, 0) is 11.3 Å². The number of carbonyl (C=O) groups excluding carboxylic acids is 1. The second-order valence-corrected chi connectivity index (χ2v) is 5.52. The quantitative estimate of drug-likeness (QED) is 0.875. The molecule has 0 aromatic heterocycles. The second kappa shape index (κ2) is 5.62. The van der Waals surface area contributed by atoms with Crippen LogP contribution in [0, 0.1) is 0 Å². The van der Waals surface area contributed by atoms with Crippen LogP contribution in [0.15, 0.2) is 54.7 Å². The molecule has 1 aliphatic heterocycles. The van der Waals surface area contributed by atoms with Gasteiger partial charge in [-0.1, -0.05) is 41.9 Å². The van der Waals surface area contributed by atoms with Gasteiger partial charge in [-0.25, -0.2) is 0 Å². The lowest BCUT2D eigenvalue weighted by Crippen LogP contribution is -2.13. The predicted molar refractivity (Wildman–Crippen MR) is 86.0 cm³/mol. The molecule has 1 amide bonds. The summed E-state index contributed by atoms with van der Waals surface area (Å²) in [5.74, 6) is -0.0906. The van der Waals surface area contributed by atoms with E-state index in [9.17, 15) is 4.79 Å². The average molecular weight is 299 g/mol. The number of hydrogen-bond donors (Lipinski definition) is 1. The van der Waals surface area contributed by atoms with Crippen LogP contribution in [0.4, 0.5) is 5.69 Å². The van der Waals surface area contributed by atoms with E-state index in [4.69, 9.17) is 11.6 Å². The number of amides is 1. The van der Waals surface area contributed by atoms with Gasteiger partial charge < -0.3 is 10.2 Å². The van der Waals surface area contributed by atoms with Gasteiger partial charge in [0.2, 0.25) is 0 Å². The van der Waals surface area contributed by atoms with Crippen molar-refractivity contribution in [3.63, 3.8) is 0 Å². The van der Waals surface area contributed by atoms with Crippen molar-refractivity contribution in [2.75, 3.05) is 12.4 Å². The number of nitrogens with zero attached hydrogens (tertiary/aromatic N) is 1. The molecule has 21 heavy (non-hydrogen) atoms. The van der Waals surface area contributed by atoms with Crippen LogP contribution in [0.1, 0.15) is 11.1 Å². The highest BCUT2D eigenvalue weighted by molar-refractivity contribution is 6.34. The maximum absolute atomic E-state index is 12.1. The van der Waals surface area contributed by atoms with E-state index in [1.165, 1.54) is 5.56 Å². The first-order valence-electron chi connectivity index (χ1n) is 6.71. The normalized spacial score (nSPS) is 15.0. The molecule has 4 heteroatoms. The molecule has 3 rings (SSSR count). The van der Waals surface area contributed by atoms with E-state index in [-0.39, 0.29) is 5.91 Å². The van der Waals surface area contributed by atoms with Crippen molar-refractivity contribution < 1.29 is 4.79 Å². The third kappa shape index (κ3) is 2.93. The number of anilines is 1. The lowest BCUT2D eigenvalue weighted by molar-refractivity contribution is -0.110. The van der Waals surface area contributed by atoms with Gasteiger partial charge in [0, 0.05) is 36.1 Å².